The molecule has 0 aliphatic carbocycles. The van der Waals surface area contributed by atoms with Gasteiger partial charge in [-0.2, -0.15) is 5.10 Å². The predicted molar refractivity (Wildman–Crippen MR) is 103 cm³/mol. The molecule has 8 heteroatoms. The summed E-state index contributed by atoms with van der Waals surface area (Å²) in [5.74, 6) is 0.617. The maximum Gasteiger partial charge on any atom is 0.310 e. The third-order valence-electron chi connectivity index (χ3n) is 4.60. The van der Waals surface area contributed by atoms with E-state index in [-0.39, 0.29) is 11.9 Å². The number of ether oxygens (including phenoxy) is 1. The monoisotopic (exact) mass is 394 g/mol. The number of hydrogen-bond acceptors (Lipinski definition) is 5. The Morgan fingerprint density at radius 1 is 1.38 bits per heavy atom. The lowest BCUT2D eigenvalue weighted by Crippen LogP contribution is -2.40. The molecule has 0 N–H and O–H groups in total. The highest BCUT2D eigenvalue weighted by Crippen LogP contribution is 2.22. The van der Waals surface area contributed by atoms with Crippen molar-refractivity contribution in [3.8, 4) is 11.4 Å². The maximum absolute atomic E-state index is 12.0. The molecule has 140 valence electrons. The predicted octanol–water partition coefficient (Wildman–Crippen LogP) is 3.50. The fraction of sp³-hybridized carbons (Fsp3) is 0.500. The van der Waals surface area contributed by atoms with Crippen molar-refractivity contribution in [2.75, 3.05) is 19.7 Å². The zero-order valence-corrected chi connectivity index (χ0v) is 16.6. The molecule has 0 radical (unpaired) electrons. The average Bonchev–Trinajstić information content (AvgIpc) is 2.91. The van der Waals surface area contributed by atoms with Gasteiger partial charge in [-0.1, -0.05) is 11.6 Å². The number of rotatable bonds is 5. The number of nitrogens with zero attached hydrogens (tertiary/aromatic N) is 4. The van der Waals surface area contributed by atoms with Crippen LogP contribution in [0.1, 0.15) is 19.8 Å². The van der Waals surface area contributed by atoms with Crippen molar-refractivity contribution in [2.45, 2.75) is 26.4 Å². The molecule has 1 saturated heterocycles. The van der Waals surface area contributed by atoms with Crippen LogP contribution in [-0.4, -0.2) is 44.9 Å². The summed E-state index contributed by atoms with van der Waals surface area (Å²) in [6.07, 6.45) is 1.84. The van der Waals surface area contributed by atoms with Gasteiger partial charge in [0.15, 0.2) is 10.6 Å². The summed E-state index contributed by atoms with van der Waals surface area (Å²) in [6, 6.07) is 7.55. The van der Waals surface area contributed by atoms with E-state index in [2.05, 4.69) is 10.00 Å². The van der Waals surface area contributed by atoms with Crippen molar-refractivity contribution in [2.24, 2.45) is 13.0 Å². The average molecular weight is 395 g/mol. The summed E-state index contributed by atoms with van der Waals surface area (Å²) in [5.41, 5.74) is 0.963. The van der Waals surface area contributed by atoms with E-state index in [1.54, 1.807) is 0 Å². The molecule has 0 unspecified atom stereocenters. The van der Waals surface area contributed by atoms with Gasteiger partial charge in [-0.15, -0.1) is 0 Å². The van der Waals surface area contributed by atoms with Crippen molar-refractivity contribution in [3.63, 3.8) is 0 Å². The van der Waals surface area contributed by atoms with Crippen LogP contribution in [0.15, 0.2) is 24.3 Å². The molecule has 0 saturated carbocycles. The maximum atomic E-state index is 12.0. The smallest absolute Gasteiger partial charge is 0.310 e. The molecule has 26 heavy (non-hydrogen) atoms. The van der Waals surface area contributed by atoms with Crippen LogP contribution < -0.4 is 0 Å². The number of aromatic nitrogens is 3. The van der Waals surface area contributed by atoms with Gasteiger partial charge in [0.1, 0.15) is 0 Å². The van der Waals surface area contributed by atoms with E-state index in [0.717, 1.165) is 30.8 Å². The Kier molecular flexibility index (Phi) is 6.11. The standard InChI is InChI=1S/C18H23ClN4O2S/c1-3-25-17(24)14-5-4-10-22(11-14)12-23-18(26)21(2)16(20-23)13-6-8-15(19)9-7-13/h6-9,14H,3-5,10-12H2,1-2H3/t14-/m1/s1. The summed E-state index contributed by atoms with van der Waals surface area (Å²) in [5, 5.41) is 5.37. The highest BCUT2D eigenvalue weighted by Gasteiger charge is 2.27. The normalized spacial score (nSPS) is 18.0. The summed E-state index contributed by atoms with van der Waals surface area (Å²) in [4.78, 5) is 14.2. The van der Waals surface area contributed by atoms with Crippen LogP contribution in [0.25, 0.3) is 11.4 Å². The fourth-order valence-corrected chi connectivity index (χ4v) is 3.57. The molecule has 1 atom stereocenters. The van der Waals surface area contributed by atoms with Gasteiger partial charge in [0.2, 0.25) is 0 Å². The molecule has 1 fully saturated rings. The topological polar surface area (TPSA) is 52.3 Å². The van der Waals surface area contributed by atoms with Gasteiger partial charge in [0, 0.05) is 24.2 Å². The first kappa shape index (κ1) is 19.1. The lowest BCUT2D eigenvalue weighted by Gasteiger charge is -2.31. The SMILES string of the molecule is CCOC(=O)[C@@H]1CCCN(Cn2nc(-c3ccc(Cl)cc3)n(C)c2=S)C1. The zero-order chi connectivity index (χ0) is 18.7. The number of halogens is 1. The second-order valence-corrected chi connectivity index (χ2v) is 7.28. The molecular weight excluding hydrogens is 372 g/mol. The first-order valence-electron chi connectivity index (χ1n) is 8.78. The minimum Gasteiger partial charge on any atom is -0.466 e. The molecule has 2 heterocycles. The van der Waals surface area contributed by atoms with Gasteiger partial charge in [0.25, 0.3) is 0 Å². The van der Waals surface area contributed by atoms with Crippen LogP contribution in [0.4, 0.5) is 0 Å². The number of benzene rings is 1. The fourth-order valence-electron chi connectivity index (χ4n) is 3.26. The first-order valence-corrected chi connectivity index (χ1v) is 9.57. The molecule has 1 aliphatic heterocycles. The Hall–Kier alpha value is -1.70. The largest absolute Gasteiger partial charge is 0.466 e. The molecular formula is C18H23ClN4O2S. The van der Waals surface area contributed by atoms with Crippen LogP contribution >= 0.6 is 23.8 Å². The summed E-state index contributed by atoms with van der Waals surface area (Å²) >= 11 is 11.5. The van der Waals surface area contributed by atoms with Gasteiger partial charge >= 0.3 is 5.97 Å². The van der Waals surface area contributed by atoms with E-state index in [9.17, 15) is 4.79 Å². The first-order chi connectivity index (χ1) is 12.5. The van der Waals surface area contributed by atoms with E-state index >= 15 is 0 Å². The van der Waals surface area contributed by atoms with Gasteiger partial charge in [-0.3, -0.25) is 9.69 Å². The van der Waals surface area contributed by atoms with Crippen molar-refractivity contribution >= 4 is 29.8 Å². The van der Waals surface area contributed by atoms with E-state index in [4.69, 9.17) is 28.6 Å². The van der Waals surface area contributed by atoms with Crippen LogP contribution in [0.5, 0.6) is 0 Å². The van der Waals surface area contributed by atoms with E-state index in [1.807, 2.05) is 47.5 Å². The minimum atomic E-state index is -0.108. The van der Waals surface area contributed by atoms with Crippen LogP contribution in [0.3, 0.4) is 0 Å². The van der Waals surface area contributed by atoms with Crippen molar-refractivity contribution in [1.82, 2.24) is 19.2 Å². The van der Waals surface area contributed by atoms with E-state index < -0.39 is 0 Å². The summed E-state index contributed by atoms with van der Waals surface area (Å²) < 4.78 is 9.52. The number of likely N-dealkylation sites (tertiary alicyclic amines) is 1. The highest BCUT2D eigenvalue weighted by atomic mass is 35.5. The molecule has 0 amide bonds. The Labute approximate surface area is 163 Å². The number of esters is 1. The molecule has 0 spiro atoms. The Morgan fingerprint density at radius 2 is 2.12 bits per heavy atom. The molecule has 1 aromatic heterocycles. The Balaban J connectivity index is 1.76. The Morgan fingerprint density at radius 3 is 2.81 bits per heavy atom. The molecule has 0 bridgehead atoms. The highest BCUT2D eigenvalue weighted by molar-refractivity contribution is 7.71. The lowest BCUT2D eigenvalue weighted by atomic mass is 9.99. The Bertz CT molecular complexity index is 831. The zero-order valence-electron chi connectivity index (χ0n) is 15.0. The van der Waals surface area contributed by atoms with Crippen molar-refractivity contribution < 1.29 is 9.53 Å². The molecule has 1 aromatic carbocycles. The quantitative estimate of drug-likeness (QED) is 0.573. The lowest BCUT2D eigenvalue weighted by molar-refractivity contribution is -0.150. The van der Waals surface area contributed by atoms with Gasteiger partial charge in [-0.25, -0.2) is 4.68 Å². The van der Waals surface area contributed by atoms with Gasteiger partial charge < -0.3 is 9.30 Å². The molecule has 2 aromatic rings. The van der Waals surface area contributed by atoms with Gasteiger partial charge in [0.05, 0.1) is 19.2 Å². The van der Waals surface area contributed by atoms with E-state index in [0.29, 0.717) is 29.6 Å². The summed E-state index contributed by atoms with van der Waals surface area (Å²) in [7, 11) is 1.91. The van der Waals surface area contributed by atoms with E-state index in [1.165, 1.54) is 0 Å². The van der Waals surface area contributed by atoms with Crippen molar-refractivity contribution in [3.05, 3.63) is 34.1 Å². The minimum absolute atomic E-state index is 0.0719. The van der Waals surface area contributed by atoms with Crippen LogP contribution in [-0.2, 0) is 23.2 Å². The molecule has 3 rings (SSSR count). The summed E-state index contributed by atoms with van der Waals surface area (Å²) in [6.45, 7) is 4.42. The van der Waals surface area contributed by atoms with Crippen molar-refractivity contribution in [1.29, 1.82) is 0 Å². The molecule has 1 aliphatic rings. The third-order valence-corrected chi connectivity index (χ3v) is 5.34. The van der Waals surface area contributed by atoms with Gasteiger partial charge in [-0.05, 0) is 62.8 Å². The van der Waals surface area contributed by atoms with Crippen LogP contribution in [0.2, 0.25) is 5.02 Å². The number of piperidine rings is 1. The third kappa shape index (κ3) is 4.16. The molecule has 6 nitrogen and oxygen atoms in total. The number of carbonyl (C=O) groups is 1. The second-order valence-electron chi connectivity index (χ2n) is 6.48. The van der Waals surface area contributed by atoms with Crippen LogP contribution in [0, 0.1) is 10.7 Å². The number of hydrogen-bond donors (Lipinski definition) is 0. The second kappa shape index (κ2) is 8.33. The number of carbonyl (C=O) groups excluding carboxylic acids is 1.